The predicted molar refractivity (Wildman–Crippen MR) is 53.0 cm³/mol. The number of nitro benzene ring substituents is 1. The molecule has 1 aromatic carbocycles. The third kappa shape index (κ3) is 3.27. The highest BCUT2D eigenvalue weighted by atomic mass is 32.2. The van der Waals surface area contributed by atoms with E-state index in [4.69, 9.17) is 5.84 Å². The topological polar surface area (TPSA) is 115 Å². The van der Waals surface area contributed by atoms with Crippen LogP contribution in [0.1, 0.15) is 5.56 Å². The van der Waals surface area contributed by atoms with Crippen molar-refractivity contribution in [2.75, 3.05) is 0 Å². The monoisotopic (exact) mass is 231 g/mol. The molecule has 0 atom stereocenters. The zero-order valence-electron chi connectivity index (χ0n) is 7.58. The molecule has 0 fully saturated rings. The molecule has 7 nitrogen and oxygen atoms in total. The number of sulfonamides is 1. The van der Waals surface area contributed by atoms with E-state index in [1.807, 2.05) is 0 Å². The molecule has 1 rings (SSSR count). The van der Waals surface area contributed by atoms with Gasteiger partial charge in [-0.15, -0.1) is 0 Å². The fraction of sp³-hybridized carbons (Fsp3) is 0.143. The van der Waals surface area contributed by atoms with E-state index >= 15 is 0 Å². The SMILES string of the molecule is NNS(=O)(=O)Cc1cccc([N+](=O)[O-])c1. The van der Waals surface area contributed by atoms with E-state index in [1.165, 1.54) is 24.3 Å². The molecule has 0 aromatic heterocycles. The first-order chi connectivity index (χ1) is 6.94. The van der Waals surface area contributed by atoms with Crippen molar-refractivity contribution in [3.8, 4) is 0 Å². The van der Waals surface area contributed by atoms with Crippen LogP contribution < -0.4 is 10.7 Å². The summed E-state index contributed by atoms with van der Waals surface area (Å²) >= 11 is 0. The Kier molecular flexibility index (Phi) is 3.35. The Morgan fingerprint density at radius 2 is 2.13 bits per heavy atom. The number of hydrazine groups is 1. The highest BCUT2D eigenvalue weighted by Gasteiger charge is 2.12. The van der Waals surface area contributed by atoms with Crippen LogP contribution >= 0.6 is 0 Å². The van der Waals surface area contributed by atoms with Crippen LogP contribution in [0.5, 0.6) is 0 Å². The minimum Gasteiger partial charge on any atom is -0.258 e. The van der Waals surface area contributed by atoms with Gasteiger partial charge >= 0.3 is 0 Å². The van der Waals surface area contributed by atoms with Gasteiger partial charge in [0.1, 0.15) is 0 Å². The molecule has 0 aliphatic carbocycles. The van der Waals surface area contributed by atoms with Gasteiger partial charge in [0.25, 0.3) is 5.69 Å². The number of nitrogens with zero attached hydrogens (tertiary/aromatic N) is 1. The second-order valence-corrected chi connectivity index (χ2v) is 4.56. The molecule has 0 amide bonds. The Bertz CT molecular complexity index is 471. The fourth-order valence-corrected chi connectivity index (χ4v) is 1.72. The molecule has 0 aliphatic heterocycles. The van der Waals surface area contributed by atoms with E-state index in [0.29, 0.717) is 5.56 Å². The summed E-state index contributed by atoms with van der Waals surface area (Å²) in [4.78, 5) is 11.5. The number of non-ortho nitro benzene ring substituents is 1. The highest BCUT2D eigenvalue weighted by Crippen LogP contribution is 2.14. The van der Waals surface area contributed by atoms with Gasteiger partial charge in [-0.25, -0.2) is 8.42 Å². The first kappa shape index (κ1) is 11.6. The molecule has 0 saturated carbocycles. The zero-order valence-corrected chi connectivity index (χ0v) is 8.40. The average Bonchev–Trinajstić information content (AvgIpc) is 2.17. The van der Waals surface area contributed by atoms with Crippen LogP contribution in [0.3, 0.4) is 0 Å². The molecule has 0 radical (unpaired) electrons. The second-order valence-electron chi connectivity index (χ2n) is 2.80. The van der Waals surface area contributed by atoms with Crippen LogP contribution in [0.2, 0.25) is 0 Å². The Morgan fingerprint density at radius 3 is 2.67 bits per heavy atom. The van der Waals surface area contributed by atoms with Gasteiger partial charge in [-0.05, 0) is 5.56 Å². The third-order valence-corrected chi connectivity index (χ3v) is 2.73. The zero-order chi connectivity index (χ0) is 11.5. The molecule has 0 unspecified atom stereocenters. The molecule has 15 heavy (non-hydrogen) atoms. The molecule has 0 spiro atoms. The Balaban J connectivity index is 2.97. The normalized spacial score (nSPS) is 11.3. The smallest absolute Gasteiger partial charge is 0.258 e. The van der Waals surface area contributed by atoms with E-state index in [0.717, 1.165) is 0 Å². The van der Waals surface area contributed by atoms with E-state index in [9.17, 15) is 18.5 Å². The molecule has 0 aliphatic rings. The molecule has 0 saturated heterocycles. The number of nitrogens with two attached hydrogens (primary N) is 1. The standard InChI is InChI=1S/C7H9N3O4S/c8-9-15(13,14)5-6-2-1-3-7(4-6)10(11)12/h1-4,9H,5,8H2. The molecule has 8 heteroatoms. The number of rotatable bonds is 4. The molecule has 1 aromatic rings. The third-order valence-electron chi connectivity index (χ3n) is 1.66. The van der Waals surface area contributed by atoms with Crippen LogP contribution in [-0.2, 0) is 15.8 Å². The van der Waals surface area contributed by atoms with Gasteiger partial charge in [0.05, 0.1) is 10.7 Å². The summed E-state index contributed by atoms with van der Waals surface area (Å²) in [6.07, 6.45) is 0. The maximum Gasteiger partial charge on any atom is 0.269 e. The van der Waals surface area contributed by atoms with E-state index < -0.39 is 14.9 Å². The van der Waals surface area contributed by atoms with Gasteiger partial charge in [-0.3, -0.25) is 16.0 Å². The van der Waals surface area contributed by atoms with Crippen molar-refractivity contribution in [1.82, 2.24) is 4.83 Å². The number of nitrogens with one attached hydrogen (secondary N) is 1. The molecule has 82 valence electrons. The minimum absolute atomic E-state index is 0.153. The summed E-state index contributed by atoms with van der Waals surface area (Å²) in [6, 6.07) is 5.36. The van der Waals surface area contributed by atoms with Crippen molar-refractivity contribution in [1.29, 1.82) is 0 Å². The van der Waals surface area contributed by atoms with Crippen molar-refractivity contribution in [2.45, 2.75) is 5.75 Å². The number of hydrogen-bond donors (Lipinski definition) is 2. The molecular weight excluding hydrogens is 222 g/mol. The molecule has 0 bridgehead atoms. The number of nitro groups is 1. The maximum atomic E-state index is 11.0. The first-order valence-corrected chi connectivity index (χ1v) is 5.53. The summed E-state index contributed by atoms with van der Waals surface area (Å²) in [6.45, 7) is 0. The van der Waals surface area contributed by atoms with Gasteiger partial charge in [0.2, 0.25) is 10.0 Å². The summed E-state index contributed by atoms with van der Waals surface area (Å²) in [7, 11) is -3.61. The summed E-state index contributed by atoms with van der Waals surface area (Å²) in [5.74, 6) is 4.40. The van der Waals surface area contributed by atoms with E-state index in [1.54, 1.807) is 4.83 Å². The van der Waals surface area contributed by atoms with Crippen molar-refractivity contribution >= 4 is 15.7 Å². The van der Waals surface area contributed by atoms with Crippen molar-refractivity contribution < 1.29 is 13.3 Å². The van der Waals surface area contributed by atoms with Crippen LogP contribution in [0.25, 0.3) is 0 Å². The maximum absolute atomic E-state index is 11.0. The van der Waals surface area contributed by atoms with Crippen molar-refractivity contribution in [3.63, 3.8) is 0 Å². The van der Waals surface area contributed by atoms with E-state index in [-0.39, 0.29) is 11.4 Å². The first-order valence-electron chi connectivity index (χ1n) is 3.88. The summed E-state index contributed by atoms with van der Waals surface area (Å²) < 4.78 is 22.1. The largest absolute Gasteiger partial charge is 0.269 e. The lowest BCUT2D eigenvalue weighted by molar-refractivity contribution is -0.384. The Labute approximate surface area is 86.1 Å². The number of hydrogen-bond acceptors (Lipinski definition) is 5. The van der Waals surface area contributed by atoms with Gasteiger partial charge < -0.3 is 0 Å². The van der Waals surface area contributed by atoms with E-state index in [2.05, 4.69) is 0 Å². The average molecular weight is 231 g/mol. The lowest BCUT2D eigenvalue weighted by Crippen LogP contribution is -2.31. The Morgan fingerprint density at radius 1 is 1.47 bits per heavy atom. The predicted octanol–water partition coefficient (Wildman–Crippen LogP) is -0.112. The molecule has 3 N–H and O–H groups in total. The fourth-order valence-electron chi connectivity index (χ4n) is 1.02. The van der Waals surface area contributed by atoms with Crippen molar-refractivity contribution in [2.24, 2.45) is 5.84 Å². The van der Waals surface area contributed by atoms with Gasteiger partial charge in [-0.1, -0.05) is 12.1 Å². The summed E-state index contributed by atoms with van der Waals surface area (Å²) in [5, 5.41) is 10.4. The minimum atomic E-state index is -3.61. The van der Waals surface area contributed by atoms with Crippen LogP contribution in [0, 0.1) is 10.1 Å². The van der Waals surface area contributed by atoms with Gasteiger partial charge in [-0.2, -0.15) is 4.83 Å². The summed E-state index contributed by atoms with van der Waals surface area (Å²) in [5.41, 5.74) is 0.155. The molecular formula is C7H9N3O4S. The lowest BCUT2D eigenvalue weighted by atomic mass is 10.2. The second kappa shape index (κ2) is 4.34. The Hall–Kier alpha value is -1.51. The lowest BCUT2D eigenvalue weighted by Gasteiger charge is -2.01. The molecule has 0 heterocycles. The van der Waals surface area contributed by atoms with Crippen LogP contribution in [0.4, 0.5) is 5.69 Å². The van der Waals surface area contributed by atoms with Gasteiger partial charge in [0, 0.05) is 12.1 Å². The number of benzene rings is 1. The van der Waals surface area contributed by atoms with Crippen LogP contribution in [-0.4, -0.2) is 13.3 Å². The van der Waals surface area contributed by atoms with Crippen LogP contribution in [0.15, 0.2) is 24.3 Å². The highest BCUT2D eigenvalue weighted by molar-refractivity contribution is 7.88. The quantitative estimate of drug-likeness (QED) is 0.426. The van der Waals surface area contributed by atoms with Crippen molar-refractivity contribution in [3.05, 3.63) is 39.9 Å². The van der Waals surface area contributed by atoms with Gasteiger partial charge in [0.15, 0.2) is 0 Å².